The average Bonchev–Trinajstić information content (AvgIpc) is 2.62. The second kappa shape index (κ2) is 8.07. The molecule has 132 valence electrons. The van der Waals surface area contributed by atoms with E-state index in [4.69, 9.17) is 4.74 Å². The van der Waals surface area contributed by atoms with Crippen LogP contribution in [-0.2, 0) is 9.53 Å². The summed E-state index contributed by atoms with van der Waals surface area (Å²) in [5.41, 5.74) is 1.89. The molecule has 1 heterocycles. The van der Waals surface area contributed by atoms with Crippen LogP contribution in [0.4, 0.5) is 5.69 Å². The molecule has 0 aliphatic heterocycles. The summed E-state index contributed by atoms with van der Waals surface area (Å²) in [4.78, 5) is 23.3. The second-order valence-electron chi connectivity index (χ2n) is 6.55. The molecule has 1 fully saturated rings. The highest BCUT2D eigenvalue weighted by molar-refractivity contribution is 5.92. The fraction of sp³-hybridized carbons (Fsp3) is 0.421. The van der Waals surface area contributed by atoms with Crippen molar-refractivity contribution in [3.63, 3.8) is 0 Å². The lowest BCUT2D eigenvalue weighted by atomic mass is 9.88. The second-order valence-corrected chi connectivity index (χ2v) is 6.55. The molecule has 1 amide bonds. The molecule has 1 aliphatic rings. The van der Waals surface area contributed by atoms with Crippen molar-refractivity contribution in [2.75, 3.05) is 11.9 Å². The Morgan fingerprint density at radius 1 is 1.28 bits per heavy atom. The van der Waals surface area contributed by atoms with Crippen LogP contribution in [0.25, 0.3) is 11.3 Å². The number of carbonyl (C=O) groups is 1. The Hall–Kier alpha value is -2.47. The minimum Gasteiger partial charge on any atom is -0.368 e. The summed E-state index contributed by atoms with van der Waals surface area (Å²) in [5, 5.41) is 9.26. The van der Waals surface area contributed by atoms with Gasteiger partial charge in [-0.1, -0.05) is 31.9 Å². The van der Waals surface area contributed by atoms with Crippen molar-refractivity contribution in [3.8, 4) is 11.3 Å². The van der Waals surface area contributed by atoms with E-state index < -0.39 is 0 Å². The zero-order chi connectivity index (χ0) is 17.6. The number of aromatic amines is 1. The molecule has 6 nitrogen and oxygen atoms in total. The van der Waals surface area contributed by atoms with Crippen LogP contribution in [0.1, 0.15) is 32.6 Å². The molecule has 2 aromatic rings. The van der Waals surface area contributed by atoms with Crippen molar-refractivity contribution in [2.24, 2.45) is 5.92 Å². The number of hydrogen-bond donors (Lipinski definition) is 2. The molecular formula is C19H23N3O3. The van der Waals surface area contributed by atoms with Crippen molar-refractivity contribution >= 4 is 11.6 Å². The highest BCUT2D eigenvalue weighted by atomic mass is 16.5. The number of aromatic nitrogens is 2. The Morgan fingerprint density at radius 3 is 2.88 bits per heavy atom. The van der Waals surface area contributed by atoms with E-state index in [-0.39, 0.29) is 24.2 Å². The standard InChI is InChI=1S/C19H23N3O3/c1-13-5-2-3-8-17(13)25-12-19(24)20-15-7-4-6-14(11-15)16-9-10-18(23)22-21-16/h4,6-7,9-11,13,17H,2-3,5,8,12H2,1H3,(H,20,24)(H,22,23)/t13-,17+/m0/s1. The monoisotopic (exact) mass is 341 g/mol. The van der Waals surface area contributed by atoms with Crippen LogP contribution in [0.5, 0.6) is 0 Å². The van der Waals surface area contributed by atoms with E-state index in [0.717, 1.165) is 12.0 Å². The Balaban J connectivity index is 1.59. The largest absolute Gasteiger partial charge is 0.368 e. The van der Waals surface area contributed by atoms with E-state index in [1.165, 1.54) is 25.3 Å². The third-order valence-electron chi connectivity index (χ3n) is 4.58. The van der Waals surface area contributed by atoms with Gasteiger partial charge >= 0.3 is 0 Å². The smallest absolute Gasteiger partial charge is 0.264 e. The van der Waals surface area contributed by atoms with Crippen molar-refractivity contribution in [1.82, 2.24) is 10.2 Å². The van der Waals surface area contributed by atoms with Gasteiger partial charge in [-0.2, -0.15) is 5.10 Å². The van der Waals surface area contributed by atoms with Crippen LogP contribution >= 0.6 is 0 Å². The molecule has 25 heavy (non-hydrogen) atoms. The van der Waals surface area contributed by atoms with Crippen LogP contribution in [0.3, 0.4) is 0 Å². The summed E-state index contributed by atoms with van der Waals surface area (Å²) in [7, 11) is 0. The van der Waals surface area contributed by atoms with Crippen molar-refractivity contribution in [3.05, 3.63) is 46.8 Å². The predicted molar refractivity (Wildman–Crippen MR) is 96.3 cm³/mol. The third kappa shape index (κ3) is 4.76. The number of hydrogen-bond acceptors (Lipinski definition) is 4. The minimum atomic E-state index is -0.248. The number of nitrogens with zero attached hydrogens (tertiary/aromatic N) is 1. The SMILES string of the molecule is C[C@H]1CCCC[C@H]1OCC(=O)Nc1cccc(-c2ccc(=O)[nH]n2)c1. The van der Waals surface area contributed by atoms with E-state index in [1.54, 1.807) is 6.07 Å². The number of nitrogens with one attached hydrogen (secondary N) is 2. The van der Waals surface area contributed by atoms with E-state index in [9.17, 15) is 9.59 Å². The summed E-state index contributed by atoms with van der Waals surface area (Å²) in [6.07, 6.45) is 4.79. The summed E-state index contributed by atoms with van der Waals surface area (Å²) >= 11 is 0. The molecule has 1 aromatic heterocycles. The Bertz CT molecular complexity index is 767. The van der Waals surface area contributed by atoms with E-state index in [2.05, 4.69) is 22.4 Å². The molecule has 2 N–H and O–H groups in total. The number of ether oxygens (including phenoxy) is 1. The van der Waals surface area contributed by atoms with Gasteiger partial charge in [0.1, 0.15) is 6.61 Å². The number of anilines is 1. The van der Waals surface area contributed by atoms with E-state index >= 15 is 0 Å². The molecule has 3 rings (SSSR count). The fourth-order valence-corrected chi connectivity index (χ4v) is 3.17. The maximum atomic E-state index is 12.2. The van der Waals surface area contributed by atoms with Gasteiger partial charge in [-0.25, -0.2) is 5.10 Å². The first-order valence-electron chi connectivity index (χ1n) is 8.69. The van der Waals surface area contributed by atoms with Crippen LogP contribution in [0.2, 0.25) is 0 Å². The molecule has 0 saturated heterocycles. The number of amides is 1. The van der Waals surface area contributed by atoms with Gasteiger partial charge in [0.25, 0.3) is 5.56 Å². The molecule has 0 bridgehead atoms. The van der Waals surface area contributed by atoms with Gasteiger partial charge < -0.3 is 10.1 Å². The number of carbonyl (C=O) groups excluding carboxylic acids is 1. The highest BCUT2D eigenvalue weighted by Gasteiger charge is 2.22. The molecule has 0 unspecified atom stereocenters. The molecule has 0 spiro atoms. The summed E-state index contributed by atoms with van der Waals surface area (Å²) in [5.74, 6) is 0.348. The number of H-pyrrole nitrogens is 1. The summed E-state index contributed by atoms with van der Waals surface area (Å²) in [6.45, 7) is 2.25. The van der Waals surface area contributed by atoms with Crippen molar-refractivity contribution < 1.29 is 9.53 Å². The highest BCUT2D eigenvalue weighted by Crippen LogP contribution is 2.26. The zero-order valence-electron chi connectivity index (χ0n) is 14.3. The maximum Gasteiger partial charge on any atom is 0.264 e. The maximum absolute atomic E-state index is 12.2. The quantitative estimate of drug-likeness (QED) is 0.876. The van der Waals surface area contributed by atoms with Gasteiger partial charge in [0, 0.05) is 17.3 Å². The first-order valence-corrected chi connectivity index (χ1v) is 8.69. The third-order valence-corrected chi connectivity index (χ3v) is 4.58. The topological polar surface area (TPSA) is 84.1 Å². The van der Waals surface area contributed by atoms with E-state index in [0.29, 0.717) is 17.3 Å². The Kier molecular flexibility index (Phi) is 5.60. The van der Waals surface area contributed by atoms with Gasteiger partial charge in [-0.15, -0.1) is 0 Å². The molecule has 1 aliphatic carbocycles. The molecule has 6 heteroatoms. The van der Waals surface area contributed by atoms with Gasteiger partial charge in [-0.05, 0) is 37.0 Å². The van der Waals surface area contributed by atoms with Gasteiger partial charge in [0.05, 0.1) is 11.8 Å². The zero-order valence-corrected chi connectivity index (χ0v) is 14.3. The number of benzene rings is 1. The first kappa shape index (κ1) is 17.4. The van der Waals surface area contributed by atoms with Crippen molar-refractivity contribution in [1.29, 1.82) is 0 Å². The normalized spacial score (nSPS) is 20.2. The Morgan fingerprint density at radius 2 is 2.12 bits per heavy atom. The predicted octanol–water partition coefficient (Wildman–Crippen LogP) is 2.97. The number of rotatable bonds is 5. The van der Waals surface area contributed by atoms with Gasteiger partial charge in [0.15, 0.2) is 0 Å². The van der Waals surface area contributed by atoms with Gasteiger partial charge in [0.2, 0.25) is 5.91 Å². The van der Waals surface area contributed by atoms with Crippen LogP contribution < -0.4 is 10.9 Å². The van der Waals surface area contributed by atoms with Crippen LogP contribution in [0.15, 0.2) is 41.2 Å². The lowest BCUT2D eigenvalue weighted by Crippen LogP contribution is -2.29. The summed E-state index contributed by atoms with van der Waals surface area (Å²) < 4.78 is 5.79. The molecule has 1 saturated carbocycles. The summed E-state index contributed by atoms with van der Waals surface area (Å²) in [6, 6.07) is 10.4. The lowest BCUT2D eigenvalue weighted by molar-refractivity contribution is -0.124. The van der Waals surface area contributed by atoms with Crippen LogP contribution in [-0.4, -0.2) is 28.8 Å². The minimum absolute atomic E-state index is 0.0656. The molecular weight excluding hydrogens is 318 g/mol. The van der Waals surface area contributed by atoms with Gasteiger partial charge in [-0.3, -0.25) is 9.59 Å². The average molecular weight is 341 g/mol. The molecule has 1 aromatic carbocycles. The Labute approximate surface area is 146 Å². The van der Waals surface area contributed by atoms with Crippen molar-refractivity contribution in [2.45, 2.75) is 38.7 Å². The van der Waals surface area contributed by atoms with Crippen LogP contribution in [0, 0.1) is 5.92 Å². The lowest BCUT2D eigenvalue weighted by Gasteiger charge is -2.28. The first-order chi connectivity index (χ1) is 12.1. The molecule has 0 radical (unpaired) electrons. The fourth-order valence-electron chi connectivity index (χ4n) is 3.17. The van der Waals surface area contributed by atoms with E-state index in [1.807, 2.05) is 24.3 Å². The molecule has 2 atom stereocenters.